The molecule has 0 radical (unpaired) electrons. The third kappa shape index (κ3) is 4.85. The van der Waals surface area contributed by atoms with Gasteiger partial charge in [-0.05, 0) is 41.2 Å². The highest BCUT2D eigenvalue weighted by Gasteiger charge is 2.46. The van der Waals surface area contributed by atoms with Gasteiger partial charge in [-0.25, -0.2) is 4.98 Å². The van der Waals surface area contributed by atoms with Crippen molar-refractivity contribution in [2.75, 3.05) is 18.2 Å². The Balaban J connectivity index is 1.55. The molecule has 5 nitrogen and oxygen atoms in total. The molecule has 0 aliphatic heterocycles. The molecule has 6 heteroatoms. The lowest BCUT2D eigenvalue weighted by Gasteiger charge is -2.37. The maximum absolute atomic E-state index is 11.5. The van der Waals surface area contributed by atoms with Gasteiger partial charge in [0.2, 0.25) is 0 Å². The standard InChI is InChI=1S/C29H28N2O3S/c1-35(32,33)34-22-28(19-20-28)26-17-18-27(30-21-26)31-29(23-11-5-2-6-12-23,24-13-7-3-8-14-24)25-15-9-4-10-16-25/h2-18,21H,19-20,22H2,1H3,(H,30,31). The van der Waals surface area contributed by atoms with Gasteiger partial charge in [0, 0.05) is 11.6 Å². The minimum absolute atomic E-state index is 0.155. The minimum Gasteiger partial charge on any atom is -0.353 e. The van der Waals surface area contributed by atoms with E-state index in [-0.39, 0.29) is 12.0 Å². The van der Waals surface area contributed by atoms with Crippen LogP contribution in [-0.2, 0) is 25.3 Å². The predicted octanol–water partition coefficient (Wildman–Crippen LogP) is 5.49. The van der Waals surface area contributed by atoms with Crippen molar-refractivity contribution >= 4 is 15.9 Å². The maximum atomic E-state index is 11.5. The third-order valence-electron chi connectivity index (χ3n) is 6.71. The number of rotatable bonds is 9. The lowest BCUT2D eigenvalue weighted by Crippen LogP contribution is -2.38. The molecular formula is C29H28N2O3S. The van der Waals surface area contributed by atoms with E-state index in [9.17, 15) is 8.42 Å². The molecule has 3 aromatic carbocycles. The summed E-state index contributed by atoms with van der Waals surface area (Å²) in [4.78, 5) is 4.77. The van der Waals surface area contributed by atoms with Crippen LogP contribution in [-0.4, -0.2) is 26.3 Å². The summed E-state index contributed by atoms with van der Waals surface area (Å²) in [7, 11) is -3.48. The van der Waals surface area contributed by atoms with Gasteiger partial charge in [-0.1, -0.05) is 97.1 Å². The van der Waals surface area contributed by atoms with Crippen LogP contribution in [0.5, 0.6) is 0 Å². The highest BCUT2D eigenvalue weighted by Crippen LogP contribution is 2.48. The van der Waals surface area contributed by atoms with E-state index < -0.39 is 15.7 Å². The zero-order valence-corrected chi connectivity index (χ0v) is 20.4. The van der Waals surface area contributed by atoms with Crippen molar-refractivity contribution < 1.29 is 12.6 Å². The summed E-state index contributed by atoms with van der Waals surface area (Å²) in [5, 5.41) is 3.76. The summed E-state index contributed by atoms with van der Waals surface area (Å²) >= 11 is 0. The molecule has 0 saturated heterocycles. The summed E-state index contributed by atoms with van der Waals surface area (Å²) in [6.07, 6.45) is 4.70. The zero-order chi connectivity index (χ0) is 24.4. The van der Waals surface area contributed by atoms with Gasteiger partial charge < -0.3 is 5.32 Å². The Morgan fingerprint density at radius 1 is 0.800 bits per heavy atom. The van der Waals surface area contributed by atoms with E-state index >= 15 is 0 Å². The van der Waals surface area contributed by atoms with Gasteiger partial charge in [0.25, 0.3) is 10.1 Å². The quantitative estimate of drug-likeness (QED) is 0.251. The average molecular weight is 485 g/mol. The molecule has 1 saturated carbocycles. The Kier molecular flexibility index (Phi) is 6.17. The topological polar surface area (TPSA) is 68.3 Å². The Morgan fingerprint density at radius 2 is 1.29 bits per heavy atom. The normalized spacial score (nSPS) is 14.9. The second-order valence-electron chi connectivity index (χ2n) is 9.15. The Hall–Kier alpha value is -3.48. The van der Waals surface area contributed by atoms with Gasteiger partial charge in [0.15, 0.2) is 0 Å². The molecule has 0 spiro atoms. The van der Waals surface area contributed by atoms with Crippen molar-refractivity contribution in [3.8, 4) is 0 Å². The van der Waals surface area contributed by atoms with Crippen LogP contribution in [0.15, 0.2) is 109 Å². The molecular weight excluding hydrogens is 456 g/mol. The summed E-state index contributed by atoms with van der Waals surface area (Å²) in [5.41, 5.74) is 3.37. The summed E-state index contributed by atoms with van der Waals surface area (Å²) in [5.74, 6) is 0.727. The highest BCUT2D eigenvalue weighted by molar-refractivity contribution is 7.85. The predicted molar refractivity (Wildman–Crippen MR) is 139 cm³/mol. The second kappa shape index (κ2) is 9.29. The van der Waals surface area contributed by atoms with Gasteiger partial charge in [0.1, 0.15) is 11.4 Å². The smallest absolute Gasteiger partial charge is 0.264 e. The first kappa shape index (κ1) is 23.3. The van der Waals surface area contributed by atoms with Crippen molar-refractivity contribution in [1.82, 2.24) is 4.98 Å². The molecule has 178 valence electrons. The molecule has 1 aromatic heterocycles. The van der Waals surface area contributed by atoms with Crippen LogP contribution in [0.4, 0.5) is 5.82 Å². The van der Waals surface area contributed by atoms with Crippen molar-refractivity contribution in [3.63, 3.8) is 0 Å². The van der Waals surface area contributed by atoms with Gasteiger partial charge in [-0.2, -0.15) is 8.42 Å². The molecule has 0 amide bonds. The molecule has 1 heterocycles. The second-order valence-corrected chi connectivity index (χ2v) is 10.8. The minimum atomic E-state index is -3.48. The molecule has 1 aliphatic rings. The number of anilines is 1. The van der Waals surface area contributed by atoms with Crippen molar-refractivity contribution in [1.29, 1.82) is 0 Å². The Bertz CT molecular complexity index is 1270. The molecule has 0 atom stereocenters. The number of nitrogens with zero attached hydrogens (tertiary/aromatic N) is 1. The first-order valence-electron chi connectivity index (χ1n) is 11.7. The largest absolute Gasteiger partial charge is 0.353 e. The van der Waals surface area contributed by atoms with E-state index in [0.29, 0.717) is 0 Å². The molecule has 5 rings (SSSR count). The van der Waals surface area contributed by atoms with E-state index in [0.717, 1.165) is 47.2 Å². The first-order valence-corrected chi connectivity index (χ1v) is 13.5. The first-order chi connectivity index (χ1) is 16.9. The van der Waals surface area contributed by atoms with Crippen LogP contribution in [0, 0.1) is 0 Å². The molecule has 4 aromatic rings. The lowest BCUT2D eigenvalue weighted by molar-refractivity contribution is 0.284. The van der Waals surface area contributed by atoms with Crippen LogP contribution < -0.4 is 5.32 Å². The maximum Gasteiger partial charge on any atom is 0.264 e. The monoisotopic (exact) mass is 484 g/mol. The number of pyridine rings is 1. The fourth-order valence-corrected chi connectivity index (χ4v) is 5.08. The number of nitrogens with one attached hydrogen (secondary N) is 1. The number of hydrogen-bond donors (Lipinski definition) is 1. The van der Waals surface area contributed by atoms with Gasteiger partial charge in [0.05, 0.1) is 12.9 Å². The van der Waals surface area contributed by atoms with E-state index in [1.807, 2.05) is 72.9 Å². The molecule has 1 fully saturated rings. The van der Waals surface area contributed by atoms with Crippen LogP contribution >= 0.6 is 0 Å². The molecule has 1 N–H and O–H groups in total. The summed E-state index contributed by atoms with van der Waals surface area (Å²) in [6.45, 7) is 0.155. The van der Waals surface area contributed by atoms with Gasteiger partial charge in [-0.3, -0.25) is 4.18 Å². The van der Waals surface area contributed by atoms with Crippen LogP contribution in [0.25, 0.3) is 0 Å². The van der Waals surface area contributed by atoms with Crippen LogP contribution in [0.3, 0.4) is 0 Å². The Labute approximate surface area is 207 Å². The summed E-state index contributed by atoms with van der Waals surface area (Å²) < 4.78 is 28.1. The number of hydrogen-bond acceptors (Lipinski definition) is 5. The van der Waals surface area contributed by atoms with Crippen LogP contribution in [0.1, 0.15) is 35.1 Å². The lowest BCUT2D eigenvalue weighted by atomic mass is 9.77. The van der Waals surface area contributed by atoms with Gasteiger partial charge >= 0.3 is 0 Å². The number of benzene rings is 3. The van der Waals surface area contributed by atoms with Crippen molar-refractivity contribution in [2.45, 2.75) is 23.8 Å². The fourth-order valence-electron chi connectivity index (χ4n) is 4.64. The van der Waals surface area contributed by atoms with E-state index in [4.69, 9.17) is 9.17 Å². The number of aromatic nitrogens is 1. The van der Waals surface area contributed by atoms with Gasteiger partial charge in [-0.15, -0.1) is 0 Å². The Morgan fingerprint density at radius 3 is 1.66 bits per heavy atom. The fraction of sp³-hybridized carbons (Fsp3) is 0.207. The highest BCUT2D eigenvalue weighted by atomic mass is 32.2. The van der Waals surface area contributed by atoms with E-state index in [2.05, 4.69) is 41.7 Å². The third-order valence-corrected chi connectivity index (χ3v) is 7.26. The molecule has 1 aliphatic carbocycles. The molecule has 35 heavy (non-hydrogen) atoms. The summed E-state index contributed by atoms with van der Waals surface area (Å²) in [6, 6.07) is 35.1. The van der Waals surface area contributed by atoms with Crippen molar-refractivity contribution in [3.05, 3.63) is 132 Å². The van der Waals surface area contributed by atoms with E-state index in [1.54, 1.807) is 0 Å². The van der Waals surface area contributed by atoms with Crippen LogP contribution in [0.2, 0.25) is 0 Å². The zero-order valence-electron chi connectivity index (χ0n) is 19.6. The SMILES string of the molecule is CS(=O)(=O)OCC1(c2ccc(NC(c3ccccc3)(c3ccccc3)c3ccccc3)nc2)CC1. The average Bonchev–Trinajstić information content (AvgIpc) is 3.69. The van der Waals surface area contributed by atoms with E-state index in [1.165, 1.54) is 0 Å². The van der Waals surface area contributed by atoms with Crippen molar-refractivity contribution in [2.24, 2.45) is 0 Å². The molecule has 0 bridgehead atoms. The molecule has 0 unspecified atom stereocenters.